The van der Waals surface area contributed by atoms with Crippen molar-refractivity contribution < 1.29 is 9.53 Å². The Kier molecular flexibility index (Phi) is 4.28. The van der Waals surface area contributed by atoms with Crippen LogP contribution in [0.25, 0.3) is 0 Å². The van der Waals surface area contributed by atoms with Gasteiger partial charge in [0.15, 0.2) is 0 Å². The van der Waals surface area contributed by atoms with Gasteiger partial charge in [0.2, 0.25) is 5.91 Å². The molecule has 1 atom stereocenters. The summed E-state index contributed by atoms with van der Waals surface area (Å²) < 4.78 is 5.32. The monoisotopic (exact) mass is 228 g/mol. The molecule has 0 radical (unpaired) electrons. The van der Waals surface area contributed by atoms with Crippen molar-refractivity contribution in [2.45, 2.75) is 19.6 Å². The lowest BCUT2D eigenvalue weighted by atomic mass is 10.0. The summed E-state index contributed by atoms with van der Waals surface area (Å²) >= 11 is 0. The summed E-state index contributed by atoms with van der Waals surface area (Å²) in [6.45, 7) is 1.80. The van der Waals surface area contributed by atoms with Crippen molar-refractivity contribution in [3.8, 4) is 18.4 Å². The average Bonchev–Trinajstić information content (AvgIpc) is 2.35. The van der Waals surface area contributed by atoms with Crippen molar-refractivity contribution in [2.24, 2.45) is 5.73 Å². The third-order valence-electron chi connectivity index (χ3n) is 2.27. The van der Waals surface area contributed by atoms with E-state index in [0.29, 0.717) is 11.1 Å². The zero-order chi connectivity index (χ0) is 12.8. The summed E-state index contributed by atoms with van der Waals surface area (Å²) in [5.41, 5.74) is 6.36. The Bertz CT molecular complexity index is 509. The standard InChI is InChI=1S/C13H12N2O2/c1-3-9(2)17-8-12-10(7-14)5-4-6-11(12)13(15)16/h1,4-6,9H,8H2,2H3,(H2,15,16). The van der Waals surface area contributed by atoms with Gasteiger partial charge in [0.1, 0.15) is 6.10 Å². The summed E-state index contributed by atoms with van der Waals surface area (Å²) in [7, 11) is 0. The zero-order valence-corrected chi connectivity index (χ0v) is 9.43. The minimum absolute atomic E-state index is 0.0906. The Morgan fingerprint density at radius 2 is 2.35 bits per heavy atom. The minimum Gasteiger partial charge on any atom is -0.366 e. The van der Waals surface area contributed by atoms with E-state index in [4.69, 9.17) is 22.2 Å². The van der Waals surface area contributed by atoms with Crippen LogP contribution in [0.1, 0.15) is 28.4 Å². The molecule has 0 aliphatic rings. The van der Waals surface area contributed by atoms with Crippen molar-refractivity contribution in [3.63, 3.8) is 0 Å². The van der Waals surface area contributed by atoms with Gasteiger partial charge in [-0.1, -0.05) is 12.0 Å². The number of primary amides is 1. The number of nitriles is 1. The number of ether oxygens (including phenoxy) is 1. The van der Waals surface area contributed by atoms with Crippen molar-refractivity contribution in [1.29, 1.82) is 5.26 Å². The fourth-order valence-electron chi connectivity index (χ4n) is 1.33. The lowest BCUT2D eigenvalue weighted by Crippen LogP contribution is -2.16. The topological polar surface area (TPSA) is 76.1 Å². The molecule has 1 amide bonds. The molecule has 0 aliphatic carbocycles. The van der Waals surface area contributed by atoms with Crippen molar-refractivity contribution in [1.82, 2.24) is 0 Å². The Morgan fingerprint density at radius 3 is 2.88 bits per heavy atom. The van der Waals surface area contributed by atoms with Gasteiger partial charge in [0, 0.05) is 11.1 Å². The predicted octanol–water partition coefficient (Wildman–Crippen LogP) is 1.20. The van der Waals surface area contributed by atoms with Crippen LogP contribution in [-0.2, 0) is 11.3 Å². The van der Waals surface area contributed by atoms with Gasteiger partial charge in [-0.3, -0.25) is 4.79 Å². The molecule has 4 nitrogen and oxygen atoms in total. The largest absolute Gasteiger partial charge is 0.366 e. The Morgan fingerprint density at radius 1 is 1.65 bits per heavy atom. The maximum Gasteiger partial charge on any atom is 0.249 e. The van der Waals surface area contributed by atoms with E-state index in [9.17, 15) is 4.79 Å². The first kappa shape index (κ1) is 12.8. The van der Waals surface area contributed by atoms with E-state index in [-0.39, 0.29) is 18.3 Å². The SMILES string of the molecule is C#CC(C)OCc1c(C#N)cccc1C(N)=O. The number of hydrogen-bond acceptors (Lipinski definition) is 3. The second-order valence-electron chi connectivity index (χ2n) is 3.43. The highest BCUT2D eigenvalue weighted by molar-refractivity contribution is 5.94. The first-order valence-electron chi connectivity index (χ1n) is 4.99. The molecule has 86 valence electrons. The van der Waals surface area contributed by atoms with Gasteiger partial charge >= 0.3 is 0 Å². The Balaban J connectivity index is 3.07. The number of hydrogen-bond donors (Lipinski definition) is 1. The summed E-state index contributed by atoms with van der Waals surface area (Å²) in [6, 6.07) is 6.76. The second-order valence-corrected chi connectivity index (χ2v) is 3.43. The zero-order valence-electron chi connectivity index (χ0n) is 9.43. The molecule has 17 heavy (non-hydrogen) atoms. The molecule has 0 aromatic heterocycles. The molecule has 2 N–H and O–H groups in total. The van der Waals surface area contributed by atoms with Gasteiger partial charge in [0.05, 0.1) is 18.2 Å². The van der Waals surface area contributed by atoms with E-state index in [2.05, 4.69) is 5.92 Å². The van der Waals surface area contributed by atoms with E-state index in [0.717, 1.165) is 0 Å². The fraction of sp³-hybridized carbons (Fsp3) is 0.231. The number of benzene rings is 1. The molecule has 0 bridgehead atoms. The molecule has 1 rings (SSSR count). The summed E-state index contributed by atoms with van der Waals surface area (Å²) in [4.78, 5) is 11.2. The number of nitrogens with zero attached hydrogens (tertiary/aromatic N) is 1. The lowest BCUT2D eigenvalue weighted by Gasteiger charge is -2.11. The number of terminal acetylenes is 1. The van der Waals surface area contributed by atoms with Crippen molar-refractivity contribution in [3.05, 3.63) is 34.9 Å². The van der Waals surface area contributed by atoms with E-state index in [1.807, 2.05) is 6.07 Å². The van der Waals surface area contributed by atoms with Crippen LogP contribution in [0.15, 0.2) is 18.2 Å². The van der Waals surface area contributed by atoms with Crippen LogP contribution >= 0.6 is 0 Å². The summed E-state index contributed by atoms with van der Waals surface area (Å²) in [5.74, 6) is 1.81. The highest BCUT2D eigenvalue weighted by atomic mass is 16.5. The van der Waals surface area contributed by atoms with Crippen molar-refractivity contribution in [2.75, 3.05) is 0 Å². The van der Waals surface area contributed by atoms with Gasteiger partial charge in [-0.2, -0.15) is 5.26 Å². The molecule has 0 heterocycles. The molecule has 1 aromatic carbocycles. The third-order valence-corrected chi connectivity index (χ3v) is 2.27. The molecular weight excluding hydrogens is 216 g/mol. The van der Waals surface area contributed by atoms with Crippen LogP contribution in [-0.4, -0.2) is 12.0 Å². The number of rotatable bonds is 4. The normalized spacial score (nSPS) is 11.2. The molecule has 0 fully saturated rings. The van der Waals surface area contributed by atoms with Crippen LogP contribution in [0.3, 0.4) is 0 Å². The predicted molar refractivity (Wildman–Crippen MR) is 62.8 cm³/mol. The quantitative estimate of drug-likeness (QED) is 0.786. The van der Waals surface area contributed by atoms with E-state index in [1.54, 1.807) is 25.1 Å². The first-order chi connectivity index (χ1) is 8.10. The molecule has 1 unspecified atom stereocenters. The van der Waals surface area contributed by atoms with Crippen LogP contribution in [0, 0.1) is 23.7 Å². The van der Waals surface area contributed by atoms with Gasteiger partial charge in [-0.15, -0.1) is 6.42 Å². The van der Waals surface area contributed by atoms with Crippen LogP contribution in [0.5, 0.6) is 0 Å². The number of nitrogens with two attached hydrogens (primary N) is 1. The smallest absolute Gasteiger partial charge is 0.249 e. The van der Waals surface area contributed by atoms with Crippen LogP contribution < -0.4 is 5.73 Å². The molecule has 4 heteroatoms. The first-order valence-corrected chi connectivity index (χ1v) is 4.99. The lowest BCUT2D eigenvalue weighted by molar-refractivity contribution is 0.0873. The van der Waals surface area contributed by atoms with Crippen LogP contribution in [0.2, 0.25) is 0 Å². The van der Waals surface area contributed by atoms with Gasteiger partial charge < -0.3 is 10.5 Å². The van der Waals surface area contributed by atoms with Crippen LogP contribution in [0.4, 0.5) is 0 Å². The van der Waals surface area contributed by atoms with Gasteiger partial charge in [0.25, 0.3) is 0 Å². The highest BCUT2D eigenvalue weighted by Gasteiger charge is 2.13. The average molecular weight is 228 g/mol. The Labute approximate surface area is 100.0 Å². The molecule has 1 aromatic rings. The number of carbonyl (C=O) groups is 1. The van der Waals surface area contributed by atoms with E-state index < -0.39 is 5.91 Å². The van der Waals surface area contributed by atoms with Crippen molar-refractivity contribution >= 4 is 5.91 Å². The summed E-state index contributed by atoms with van der Waals surface area (Å²) in [6.07, 6.45) is 4.79. The highest BCUT2D eigenvalue weighted by Crippen LogP contribution is 2.16. The minimum atomic E-state index is -0.589. The maximum atomic E-state index is 11.2. The van der Waals surface area contributed by atoms with Gasteiger partial charge in [-0.05, 0) is 19.1 Å². The van der Waals surface area contributed by atoms with Gasteiger partial charge in [-0.25, -0.2) is 0 Å². The maximum absolute atomic E-state index is 11.2. The second kappa shape index (κ2) is 5.69. The molecule has 0 saturated heterocycles. The molecular formula is C13H12N2O2. The molecule has 0 aliphatic heterocycles. The fourth-order valence-corrected chi connectivity index (χ4v) is 1.33. The van der Waals surface area contributed by atoms with E-state index >= 15 is 0 Å². The summed E-state index contributed by atoms with van der Waals surface area (Å²) in [5, 5.41) is 8.95. The number of carbonyl (C=O) groups excluding carboxylic acids is 1. The number of amides is 1. The Hall–Kier alpha value is -2.30. The molecule has 0 saturated carbocycles. The third kappa shape index (κ3) is 3.07. The van der Waals surface area contributed by atoms with E-state index in [1.165, 1.54) is 0 Å². The molecule has 0 spiro atoms.